The maximum Gasteiger partial charge on any atom is 0.328 e. The molecule has 0 unspecified atom stereocenters. The largest absolute Gasteiger partial charge is 0.328 e. The van der Waals surface area contributed by atoms with Crippen molar-refractivity contribution in [2.75, 3.05) is 0 Å². The number of H-pyrrole nitrogens is 1. The molecule has 0 atom stereocenters. The van der Waals surface area contributed by atoms with Gasteiger partial charge >= 0.3 is 5.69 Å². The Morgan fingerprint density at radius 3 is 2.68 bits per heavy atom. The van der Waals surface area contributed by atoms with Gasteiger partial charge in [0.05, 0.1) is 12.1 Å². The summed E-state index contributed by atoms with van der Waals surface area (Å²) in [5.74, 6) is 0. The van der Waals surface area contributed by atoms with E-state index in [1.165, 1.54) is 22.5 Å². The van der Waals surface area contributed by atoms with Crippen molar-refractivity contribution in [3.8, 4) is 0 Å². The summed E-state index contributed by atoms with van der Waals surface area (Å²) in [4.78, 5) is 28.1. The average molecular weight is 314 g/mol. The molecule has 4 nitrogen and oxygen atoms in total. The lowest BCUT2D eigenvalue weighted by atomic mass is 10.2. The fourth-order valence-corrected chi connectivity index (χ4v) is 2.81. The summed E-state index contributed by atoms with van der Waals surface area (Å²) in [6.07, 6.45) is 4.23. The van der Waals surface area contributed by atoms with E-state index in [1.54, 1.807) is 5.41 Å². The molecule has 0 bridgehead atoms. The van der Waals surface area contributed by atoms with Crippen molar-refractivity contribution >= 4 is 16.7 Å². The quantitative estimate of drug-likeness (QED) is 0.891. The van der Waals surface area contributed by atoms with Crippen LogP contribution in [-0.4, -0.2) is 9.55 Å². The van der Waals surface area contributed by atoms with Crippen LogP contribution < -0.4 is 11.2 Å². The monoisotopic (exact) mass is 314 g/mol. The van der Waals surface area contributed by atoms with Gasteiger partial charge in [-0.3, -0.25) is 9.36 Å². The normalized spacial score (nSPS) is 11.4. The number of thioether (sulfide) groups is 1. The van der Waals surface area contributed by atoms with Crippen molar-refractivity contribution in [3.05, 3.63) is 86.6 Å². The number of nitrogens with zero attached hydrogens (tertiary/aromatic N) is 1. The number of allylic oxidation sites excluding steroid dienone is 1. The van der Waals surface area contributed by atoms with Crippen LogP contribution in [0.5, 0.6) is 0 Å². The Morgan fingerprint density at radius 2 is 2.05 bits per heavy atom. The van der Waals surface area contributed by atoms with E-state index in [2.05, 4.69) is 11.6 Å². The van der Waals surface area contributed by atoms with Gasteiger partial charge in [0.25, 0.3) is 5.56 Å². The van der Waals surface area contributed by atoms with E-state index in [9.17, 15) is 9.59 Å². The summed E-state index contributed by atoms with van der Waals surface area (Å²) in [5.41, 5.74) is 0.700. The minimum atomic E-state index is -0.406. The SMILES string of the molecule is C=CS/C(=C\CC)c1c[nH]c(=O)n(Cc2ccccc2)c1=O. The zero-order valence-corrected chi connectivity index (χ0v) is 13.2. The van der Waals surface area contributed by atoms with Gasteiger partial charge in [-0.1, -0.05) is 61.7 Å². The van der Waals surface area contributed by atoms with Crippen LogP contribution in [0.1, 0.15) is 24.5 Å². The third kappa shape index (κ3) is 3.68. The Kier molecular flexibility index (Phi) is 5.61. The highest BCUT2D eigenvalue weighted by molar-refractivity contribution is 8.10. The van der Waals surface area contributed by atoms with E-state index in [-0.39, 0.29) is 12.1 Å². The molecule has 0 aliphatic carbocycles. The molecule has 1 heterocycles. The van der Waals surface area contributed by atoms with Crippen LogP contribution in [-0.2, 0) is 6.54 Å². The second kappa shape index (κ2) is 7.66. The van der Waals surface area contributed by atoms with Gasteiger partial charge in [-0.05, 0) is 17.4 Å². The fraction of sp³-hybridized carbons (Fsp3) is 0.176. The number of aromatic nitrogens is 2. The van der Waals surface area contributed by atoms with E-state index in [0.717, 1.165) is 16.9 Å². The first-order valence-corrected chi connectivity index (χ1v) is 7.90. The molecule has 0 aliphatic rings. The fourth-order valence-electron chi connectivity index (χ4n) is 2.09. The van der Waals surface area contributed by atoms with Gasteiger partial charge in [0, 0.05) is 11.1 Å². The number of aromatic amines is 1. The van der Waals surface area contributed by atoms with Gasteiger partial charge in [0.2, 0.25) is 0 Å². The van der Waals surface area contributed by atoms with E-state index in [1.807, 2.05) is 43.3 Å². The highest BCUT2D eigenvalue weighted by Gasteiger charge is 2.11. The topological polar surface area (TPSA) is 54.9 Å². The smallest absolute Gasteiger partial charge is 0.313 e. The first-order valence-electron chi connectivity index (χ1n) is 7.02. The molecule has 0 saturated heterocycles. The molecule has 114 valence electrons. The van der Waals surface area contributed by atoms with Gasteiger partial charge in [-0.15, -0.1) is 0 Å². The molecule has 0 fully saturated rings. The summed E-state index contributed by atoms with van der Waals surface area (Å²) in [6, 6.07) is 9.44. The lowest BCUT2D eigenvalue weighted by Gasteiger charge is -2.09. The van der Waals surface area contributed by atoms with E-state index < -0.39 is 5.69 Å². The standard InChI is InChI=1S/C17H18N2O2S/c1-3-8-15(22-4-2)14-11-18-17(21)19(16(14)20)12-13-9-6-5-7-10-13/h4-11H,2-3,12H2,1H3,(H,18,21)/b15-8-. The zero-order chi connectivity index (χ0) is 15.9. The van der Waals surface area contributed by atoms with Crippen molar-refractivity contribution in [1.29, 1.82) is 0 Å². The van der Waals surface area contributed by atoms with E-state index in [0.29, 0.717) is 5.56 Å². The van der Waals surface area contributed by atoms with Crippen LogP contribution in [0.3, 0.4) is 0 Å². The van der Waals surface area contributed by atoms with Crippen LogP contribution in [0, 0.1) is 0 Å². The summed E-state index contributed by atoms with van der Waals surface area (Å²) in [5, 5.41) is 1.67. The third-order valence-electron chi connectivity index (χ3n) is 3.11. The second-order valence-electron chi connectivity index (χ2n) is 4.65. The maximum atomic E-state index is 12.6. The number of rotatable bonds is 6. The van der Waals surface area contributed by atoms with Gasteiger partial charge < -0.3 is 4.98 Å². The molecule has 0 amide bonds. The van der Waals surface area contributed by atoms with Gasteiger partial charge in [0.1, 0.15) is 0 Å². The highest BCUT2D eigenvalue weighted by atomic mass is 32.2. The van der Waals surface area contributed by atoms with Crippen LogP contribution in [0.2, 0.25) is 0 Å². The lowest BCUT2D eigenvalue weighted by molar-refractivity contribution is 0.696. The maximum absolute atomic E-state index is 12.6. The van der Waals surface area contributed by atoms with Crippen LogP contribution in [0.15, 0.2) is 64.2 Å². The number of benzene rings is 1. The van der Waals surface area contributed by atoms with Gasteiger partial charge in [-0.25, -0.2) is 4.79 Å². The summed E-state index contributed by atoms with van der Waals surface area (Å²) in [6.45, 7) is 5.94. The van der Waals surface area contributed by atoms with Crippen LogP contribution in [0.25, 0.3) is 4.91 Å². The molecule has 0 aliphatic heterocycles. The Morgan fingerprint density at radius 1 is 1.32 bits per heavy atom. The molecule has 0 radical (unpaired) electrons. The Balaban J connectivity index is 2.50. The Bertz CT molecular complexity index is 788. The number of hydrogen-bond acceptors (Lipinski definition) is 3. The van der Waals surface area contributed by atoms with Crippen LogP contribution in [0.4, 0.5) is 0 Å². The van der Waals surface area contributed by atoms with E-state index >= 15 is 0 Å². The molecule has 5 heteroatoms. The minimum Gasteiger partial charge on any atom is -0.313 e. The summed E-state index contributed by atoms with van der Waals surface area (Å²) < 4.78 is 1.22. The lowest BCUT2D eigenvalue weighted by Crippen LogP contribution is -2.36. The molecule has 1 aromatic carbocycles. The molecular weight excluding hydrogens is 296 g/mol. The molecule has 0 saturated carbocycles. The Hall–Kier alpha value is -2.27. The predicted molar refractivity (Wildman–Crippen MR) is 92.9 cm³/mol. The molecular formula is C17H18N2O2S. The first kappa shape index (κ1) is 16.1. The Labute approximate surface area is 133 Å². The molecule has 0 spiro atoms. The predicted octanol–water partition coefficient (Wildman–Crippen LogP) is 3.21. The van der Waals surface area contributed by atoms with Crippen molar-refractivity contribution < 1.29 is 0 Å². The zero-order valence-electron chi connectivity index (χ0n) is 12.4. The highest BCUT2D eigenvalue weighted by Crippen LogP contribution is 2.25. The third-order valence-corrected chi connectivity index (χ3v) is 3.92. The molecule has 2 aromatic rings. The average Bonchev–Trinajstić information content (AvgIpc) is 2.52. The summed E-state index contributed by atoms with van der Waals surface area (Å²) >= 11 is 1.38. The second-order valence-corrected chi connectivity index (χ2v) is 5.65. The van der Waals surface area contributed by atoms with Gasteiger partial charge in [-0.2, -0.15) is 0 Å². The van der Waals surface area contributed by atoms with E-state index in [4.69, 9.17) is 0 Å². The van der Waals surface area contributed by atoms with Crippen molar-refractivity contribution in [2.24, 2.45) is 0 Å². The molecule has 22 heavy (non-hydrogen) atoms. The minimum absolute atomic E-state index is 0.251. The molecule has 1 aromatic heterocycles. The number of nitrogens with one attached hydrogen (secondary N) is 1. The van der Waals surface area contributed by atoms with Crippen molar-refractivity contribution in [1.82, 2.24) is 9.55 Å². The summed E-state index contributed by atoms with van der Waals surface area (Å²) in [7, 11) is 0. The van der Waals surface area contributed by atoms with Crippen molar-refractivity contribution in [2.45, 2.75) is 19.9 Å². The molecule has 2 rings (SSSR count). The first-order chi connectivity index (χ1) is 10.7. The van der Waals surface area contributed by atoms with Crippen molar-refractivity contribution in [3.63, 3.8) is 0 Å². The van der Waals surface area contributed by atoms with Gasteiger partial charge in [0.15, 0.2) is 0 Å². The number of hydrogen-bond donors (Lipinski definition) is 1. The molecule has 1 N–H and O–H groups in total. The van der Waals surface area contributed by atoms with Crippen LogP contribution >= 0.6 is 11.8 Å².